The van der Waals surface area contributed by atoms with Crippen LogP contribution in [0, 0.1) is 0 Å². The molecule has 0 saturated carbocycles. The first-order chi connectivity index (χ1) is 14.1. The number of amides is 1. The lowest BCUT2D eigenvalue weighted by molar-refractivity contribution is -0.118. The van der Waals surface area contributed by atoms with E-state index < -0.39 is 0 Å². The second kappa shape index (κ2) is 9.00. The van der Waals surface area contributed by atoms with Crippen molar-refractivity contribution in [3.8, 4) is 11.3 Å². The molecule has 29 heavy (non-hydrogen) atoms. The molecular weight excluding hydrogens is 449 g/mol. The molecule has 0 bridgehead atoms. The fraction of sp³-hybridized carbons (Fsp3) is 0.0500. The molecule has 0 atom stereocenters. The van der Waals surface area contributed by atoms with Crippen LogP contribution in [0.15, 0.2) is 68.5 Å². The number of fused-ring (bicyclic) bond motifs is 1. The molecule has 0 unspecified atom stereocenters. The van der Waals surface area contributed by atoms with E-state index in [0.717, 1.165) is 14.6 Å². The van der Waals surface area contributed by atoms with E-state index in [1.807, 2.05) is 30.3 Å². The summed E-state index contributed by atoms with van der Waals surface area (Å²) in [4.78, 5) is 16.5. The molecule has 4 rings (SSSR count). The van der Waals surface area contributed by atoms with Crippen LogP contribution in [0.3, 0.4) is 0 Å². The van der Waals surface area contributed by atoms with Crippen LogP contribution in [-0.4, -0.2) is 22.9 Å². The van der Waals surface area contributed by atoms with Crippen molar-refractivity contribution in [3.63, 3.8) is 0 Å². The molecule has 0 spiro atoms. The van der Waals surface area contributed by atoms with Crippen LogP contribution < -0.4 is 5.43 Å². The van der Waals surface area contributed by atoms with Gasteiger partial charge < -0.3 is 4.42 Å². The van der Waals surface area contributed by atoms with Gasteiger partial charge in [0.1, 0.15) is 11.5 Å². The van der Waals surface area contributed by atoms with Gasteiger partial charge in [-0.05, 0) is 36.4 Å². The fourth-order valence-corrected chi connectivity index (χ4v) is 4.76. The normalized spacial score (nSPS) is 11.4. The van der Waals surface area contributed by atoms with Gasteiger partial charge in [-0.25, -0.2) is 10.4 Å². The van der Waals surface area contributed by atoms with Crippen molar-refractivity contribution < 1.29 is 9.21 Å². The zero-order valence-corrected chi connectivity index (χ0v) is 17.9. The summed E-state index contributed by atoms with van der Waals surface area (Å²) in [7, 11) is 0. The molecule has 0 aliphatic heterocycles. The summed E-state index contributed by atoms with van der Waals surface area (Å²) >= 11 is 15.2. The first-order valence-electron chi connectivity index (χ1n) is 8.44. The van der Waals surface area contributed by atoms with Crippen molar-refractivity contribution in [2.24, 2.45) is 5.10 Å². The molecule has 5 nitrogen and oxygen atoms in total. The second-order valence-corrected chi connectivity index (χ2v) is 8.87. The average Bonchev–Trinajstić information content (AvgIpc) is 3.35. The zero-order chi connectivity index (χ0) is 20.2. The number of aromatic nitrogens is 1. The summed E-state index contributed by atoms with van der Waals surface area (Å²) in [5, 5.41) is 4.81. The van der Waals surface area contributed by atoms with Crippen molar-refractivity contribution >= 4 is 68.6 Å². The number of carbonyl (C=O) groups is 1. The van der Waals surface area contributed by atoms with Gasteiger partial charge in [0, 0.05) is 5.56 Å². The predicted molar refractivity (Wildman–Crippen MR) is 120 cm³/mol. The molecule has 1 amide bonds. The number of hydrogen-bond acceptors (Lipinski definition) is 6. The quantitative estimate of drug-likeness (QED) is 0.213. The molecule has 1 N–H and O–H groups in total. The fourth-order valence-electron chi connectivity index (χ4n) is 2.50. The minimum atomic E-state index is -0.227. The summed E-state index contributed by atoms with van der Waals surface area (Å²) in [5.41, 5.74) is 4.11. The van der Waals surface area contributed by atoms with Gasteiger partial charge >= 0.3 is 0 Å². The summed E-state index contributed by atoms with van der Waals surface area (Å²) in [5.74, 6) is 1.04. The number of hydrazone groups is 1. The third kappa shape index (κ3) is 4.82. The number of halogens is 2. The van der Waals surface area contributed by atoms with Gasteiger partial charge in [0.25, 0.3) is 5.91 Å². The molecule has 4 aromatic rings. The molecule has 0 aliphatic carbocycles. The van der Waals surface area contributed by atoms with E-state index in [1.165, 1.54) is 18.0 Å². The van der Waals surface area contributed by atoms with Gasteiger partial charge in [-0.15, -0.1) is 11.3 Å². The monoisotopic (exact) mass is 461 g/mol. The highest BCUT2D eigenvalue weighted by Gasteiger charge is 2.11. The van der Waals surface area contributed by atoms with Crippen LogP contribution in [0.25, 0.3) is 21.5 Å². The Morgan fingerprint density at radius 1 is 1.17 bits per heavy atom. The Morgan fingerprint density at radius 3 is 2.90 bits per heavy atom. The van der Waals surface area contributed by atoms with E-state index in [9.17, 15) is 4.79 Å². The van der Waals surface area contributed by atoms with Crippen molar-refractivity contribution in [2.45, 2.75) is 4.34 Å². The van der Waals surface area contributed by atoms with E-state index in [4.69, 9.17) is 27.6 Å². The molecule has 0 fully saturated rings. The third-order valence-electron chi connectivity index (χ3n) is 3.83. The third-order valence-corrected chi connectivity index (χ3v) is 6.82. The highest BCUT2D eigenvalue weighted by Crippen LogP contribution is 2.34. The van der Waals surface area contributed by atoms with Crippen LogP contribution in [-0.2, 0) is 4.79 Å². The second-order valence-electron chi connectivity index (χ2n) is 5.83. The maximum atomic E-state index is 12.0. The minimum absolute atomic E-state index is 0.221. The summed E-state index contributed by atoms with van der Waals surface area (Å²) in [6, 6.07) is 16.7. The van der Waals surface area contributed by atoms with Crippen molar-refractivity contribution in [3.05, 3.63) is 70.4 Å². The zero-order valence-electron chi connectivity index (χ0n) is 14.8. The van der Waals surface area contributed by atoms with E-state index in [-0.39, 0.29) is 11.7 Å². The lowest BCUT2D eigenvalue weighted by Gasteiger charge is -2.01. The summed E-state index contributed by atoms with van der Waals surface area (Å²) < 4.78 is 7.64. The molecule has 2 aromatic carbocycles. The average molecular weight is 462 g/mol. The Hall–Kier alpha value is -2.32. The molecule has 0 aliphatic rings. The lowest BCUT2D eigenvalue weighted by Crippen LogP contribution is -2.19. The van der Waals surface area contributed by atoms with Crippen molar-refractivity contribution in [1.29, 1.82) is 0 Å². The molecule has 2 heterocycles. The van der Waals surface area contributed by atoms with Crippen LogP contribution >= 0.6 is 46.3 Å². The predicted octanol–water partition coefficient (Wildman–Crippen LogP) is 6.11. The van der Waals surface area contributed by atoms with E-state index in [1.54, 1.807) is 35.6 Å². The van der Waals surface area contributed by atoms with Gasteiger partial charge in [-0.3, -0.25) is 4.79 Å². The summed E-state index contributed by atoms with van der Waals surface area (Å²) in [6.45, 7) is 0. The maximum Gasteiger partial charge on any atom is 0.250 e. The van der Waals surface area contributed by atoms with Gasteiger partial charge in [-0.2, -0.15) is 5.10 Å². The van der Waals surface area contributed by atoms with Crippen LogP contribution in [0.2, 0.25) is 10.0 Å². The Kier molecular flexibility index (Phi) is 6.20. The van der Waals surface area contributed by atoms with Crippen LogP contribution in [0.4, 0.5) is 0 Å². The first kappa shape index (κ1) is 20.0. The number of nitrogens with one attached hydrogen (secondary N) is 1. The SMILES string of the molecule is O=C(CSc1nc2ccccc2s1)NN=Cc1ccc(-c2cccc(Cl)c2Cl)o1. The molecular formula is C20H13Cl2N3O2S2. The summed E-state index contributed by atoms with van der Waals surface area (Å²) in [6.07, 6.45) is 1.43. The number of rotatable bonds is 6. The largest absolute Gasteiger partial charge is 0.455 e. The van der Waals surface area contributed by atoms with Gasteiger partial charge in [0.05, 0.1) is 32.2 Å². The number of carbonyl (C=O) groups excluding carboxylic acids is 1. The first-order valence-corrected chi connectivity index (χ1v) is 11.0. The number of nitrogens with zero attached hydrogens (tertiary/aromatic N) is 2. The lowest BCUT2D eigenvalue weighted by atomic mass is 10.2. The molecule has 146 valence electrons. The highest BCUT2D eigenvalue weighted by atomic mass is 35.5. The molecule has 0 saturated heterocycles. The van der Waals surface area contributed by atoms with Crippen molar-refractivity contribution in [1.82, 2.24) is 10.4 Å². The van der Waals surface area contributed by atoms with Crippen LogP contribution in [0.1, 0.15) is 5.76 Å². The van der Waals surface area contributed by atoms with E-state index in [0.29, 0.717) is 27.1 Å². The van der Waals surface area contributed by atoms with Gasteiger partial charge in [0.2, 0.25) is 0 Å². The Balaban J connectivity index is 1.32. The molecule has 0 radical (unpaired) electrons. The highest BCUT2D eigenvalue weighted by molar-refractivity contribution is 8.01. The Morgan fingerprint density at radius 2 is 2.03 bits per heavy atom. The Labute approximate surface area is 184 Å². The number of thioether (sulfide) groups is 1. The van der Waals surface area contributed by atoms with Crippen LogP contribution in [0.5, 0.6) is 0 Å². The topological polar surface area (TPSA) is 67.5 Å². The van der Waals surface area contributed by atoms with E-state index >= 15 is 0 Å². The molecule has 9 heteroatoms. The molecule has 2 aromatic heterocycles. The van der Waals surface area contributed by atoms with E-state index in [2.05, 4.69) is 15.5 Å². The van der Waals surface area contributed by atoms with Gasteiger partial charge in [-0.1, -0.05) is 53.2 Å². The number of benzene rings is 2. The van der Waals surface area contributed by atoms with Crippen molar-refractivity contribution in [2.75, 3.05) is 5.75 Å². The number of furan rings is 1. The van der Waals surface area contributed by atoms with Gasteiger partial charge in [0.15, 0.2) is 4.34 Å². The smallest absolute Gasteiger partial charge is 0.250 e. The number of hydrogen-bond donors (Lipinski definition) is 1. The number of para-hydroxylation sites is 1. The standard InChI is InChI=1S/C20H13Cl2N3O2S2/c21-14-5-3-4-13(19(14)22)16-9-8-12(27-16)10-23-25-18(26)11-28-20-24-15-6-1-2-7-17(15)29-20/h1-10H,11H2,(H,25,26). The Bertz CT molecular complexity index is 1170. The maximum absolute atomic E-state index is 12.0. The number of thiazole rings is 1. The minimum Gasteiger partial charge on any atom is -0.455 e.